The molecule has 1 aliphatic heterocycles. The predicted molar refractivity (Wildman–Crippen MR) is 174 cm³/mol. The van der Waals surface area contributed by atoms with Crippen molar-refractivity contribution >= 4 is 17.7 Å². The summed E-state index contributed by atoms with van der Waals surface area (Å²) in [4.78, 5) is 15.1. The number of anilines is 1. The minimum atomic E-state index is -0.158. The maximum atomic E-state index is 12.7. The number of methoxy groups -OCH3 is 2. The number of aryl methyl sites for hydroxylation is 2. The van der Waals surface area contributed by atoms with E-state index in [0.29, 0.717) is 23.9 Å². The average Bonchev–Trinajstić information content (AvgIpc) is 2.99. The van der Waals surface area contributed by atoms with Gasteiger partial charge in [-0.1, -0.05) is 82.4 Å². The molecule has 1 heterocycles. The largest absolute Gasteiger partial charge is 0.493 e. The fraction of sp³-hybridized carbons (Fsp3) is 0.571. The van der Waals surface area contributed by atoms with Gasteiger partial charge in [-0.15, -0.1) is 0 Å². The van der Waals surface area contributed by atoms with Crippen LogP contribution in [0.3, 0.4) is 0 Å². The van der Waals surface area contributed by atoms with Crippen molar-refractivity contribution in [2.45, 2.75) is 85.0 Å². The normalized spacial score (nSPS) is 13.9. The van der Waals surface area contributed by atoms with Crippen molar-refractivity contribution in [3.63, 3.8) is 0 Å². The molecule has 2 aromatic carbocycles. The fourth-order valence-electron chi connectivity index (χ4n) is 5.49. The van der Waals surface area contributed by atoms with Crippen molar-refractivity contribution in [1.82, 2.24) is 10.4 Å². The van der Waals surface area contributed by atoms with E-state index in [0.717, 1.165) is 44.6 Å². The first-order chi connectivity index (χ1) is 20.4. The molecule has 232 valence electrons. The van der Waals surface area contributed by atoms with Gasteiger partial charge >= 0.3 is 0 Å². The zero-order valence-electron chi connectivity index (χ0n) is 26.7. The molecule has 1 saturated heterocycles. The Morgan fingerprint density at radius 1 is 0.833 bits per heavy atom. The van der Waals surface area contributed by atoms with Crippen LogP contribution in [0.2, 0.25) is 0 Å². The van der Waals surface area contributed by atoms with Gasteiger partial charge < -0.3 is 19.1 Å². The van der Waals surface area contributed by atoms with Gasteiger partial charge in [-0.05, 0) is 55.7 Å². The van der Waals surface area contributed by atoms with E-state index in [2.05, 4.69) is 49.3 Å². The smallest absolute Gasteiger partial charge is 0.258 e. The van der Waals surface area contributed by atoms with Gasteiger partial charge in [0.05, 0.1) is 20.8 Å². The Balaban J connectivity index is 1.43. The van der Waals surface area contributed by atoms with Gasteiger partial charge in [-0.25, -0.2) is 5.01 Å². The second-order valence-corrected chi connectivity index (χ2v) is 11.4. The molecule has 7 heteroatoms. The number of nitrogens with one attached hydrogen (secondary N) is 1. The molecule has 1 fully saturated rings. The summed E-state index contributed by atoms with van der Waals surface area (Å²) in [6.07, 6.45) is 16.2. The Bertz CT molecular complexity index is 1100. The van der Waals surface area contributed by atoms with E-state index in [4.69, 9.17) is 14.2 Å². The Hall–Kier alpha value is -3.19. The number of benzene rings is 2. The quantitative estimate of drug-likeness (QED) is 0.146. The van der Waals surface area contributed by atoms with Crippen LogP contribution in [0.1, 0.15) is 87.8 Å². The van der Waals surface area contributed by atoms with Gasteiger partial charge in [0.2, 0.25) is 5.75 Å². The molecule has 3 rings (SSSR count). The van der Waals surface area contributed by atoms with E-state index < -0.39 is 0 Å². The van der Waals surface area contributed by atoms with Gasteiger partial charge in [0.15, 0.2) is 11.5 Å². The number of piperazine rings is 1. The highest BCUT2D eigenvalue weighted by Crippen LogP contribution is 2.39. The lowest BCUT2D eigenvalue weighted by molar-refractivity contribution is -0.121. The molecule has 0 unspecified atom stereocenters. The number of hydrazine groups is 1. The molecule has 0 atom stereocenters. The number of amides is 1. The minimum Gasteiger partial charge on any atom is -0.493 e. The highest BCUT2D eigenvalue weighted by Gasteiger charge is 2.19. The van der Waals surface area contributed by atoms with Gasteiger partial charge in [-0.3, -0.25) is 10.2 Å². The maximum Gasteiger partial charge on any atom is 0.258 e. The molecule has 42 heavy (non-hydrogen) atoms. The summed E-state index contributed by atoms with van der Waals surface area (Å²) in [5, 5.41) is 1.98. The van der Waals surface area contributed by atoms with Crippen molar-refractivity contribution in [3.8, 4) is 17.2 Å². The summed E-state index contributed by atoms with van der Waals surface area (Å²) < 4.78 is 17.3. The summed E-state index contributed by atoms with van der Waals surface area (Å²) in [5.74, 6) is 1.65. The van der Waals surface area contributed by atoms with Crippen molar-refractivity contribution < 1.29 is 19.0 Å². The van der Waals surface area contributed by atoms with Crippen molar-refractivity contribution in [2.24, 2.45) is 0 Å². The first kappa shape index (κ1) is 33.3. The van der Waals surface area contributed by atoms with E-state index >= 15 is 0 Å². The third-order valence-electron chi connectivity index (χ3n) is 7.90. The molecule has 1 amide bonds. The van der Waals surface area contributed by atoms with Crippen LogP contribution in [-0.2, 0) is 4.79 Å². The van der Waals surface area contributed by atoms with Crippen LogP contribution in [0.25, 0.3) is 6.08 Å². The lowest BCUT2D eigenvalue weighted by Crippen LogP contribution is -2.53. The molecule has 2 aromatic rings. The second-order valence-electron chi connectivity index (χ2n) is 11.4. The number of rotatable bonds is 18. The van der Waals surface area contributed by atoms with Crippen LogP contribution in [-0.4, -0.2) is 57.9 Å². The summed E-state index contributed by atoms with van der Waals surface area (Å²) in [6, 6.07) is 10.3. The number of carbonyl (C=O) groups is 1. The Morgan fingerprint density at radius 3 is 2.00 bits per heavy atom. The highest BCUT2D eigenvalue weighted by molar-refractivity contribution is 5.91. The lowest BCUT2D eigenvalue weighted by atomic mass is 10.1. The summed E-state index contributed by atoms with van der Waals surface area (Å²) in [7, 11) is 3.25. The number of nitrogens with zero attached hydrogens (tertiary/aromatic N) is 2. The van der Waals surface area contributed by atoms with Gasteiger partial charge in [0.1, 0.15) is 0 Å². The molecule has 0 radical (unpaired) electrons. The fourth-order valence-corrected chi connectivity index (χ4v) is 5.49. The summed E-state index contributed by atoms with van der Waals surface area (Å²) >= 11 is 0. The second kappa shape index (κ2) is 18.4. The number of carbonyl (C=O) groups excluding carboxylic acids is 1. The number of hydrogen-bond acceptors (Lipinski definition) is 6. The van der Waals surface area contributed by atoms with Crippen LogP contribution < -0.4 is 24.5 Å². The van der Waals surface area contributed by atoms with E-state index in [1.54, 1.807) is 26.4 Å². The molecular weight excluding hydrogens is 526 g/mol. The molecule has 0 aliphatic carbocycles. The molecule has 0 bridgehead atoms. The zero-order chi connectivity index (χ0) is 30.2. The van der Waals surface area contributed by atoms with Crippen LogP contribution in [0.4, 0.5) is 5.69 Å². The van der Waals surface area contributed by atoms with Crippen molar-refractivity contribution in [2.75, 3.05) is 51.9 Å². The van der Waals surface area contributed by atoms with Gasteiger partial charge in [-0.2, -0.15) is 0 Å². The van der Waals surface area contributed by atoms with Crippen LogP contribution in [0.15, 0.2) is 36.4 Å². The Labute approximate surface area is 254 Å². The third-order valence-corrected chi connectivity index (χ3v) is 7.90. The number of unbranched alkanes of at least 4 members (excludes halogenated alkanes) is 9. The molecule has 0 spiro atoms. The predicted octanol–water partition coefficient (Wildman–Crippen LogP) is 7.49. The number of ether oxygens (including phenoxy) is 3. The van der Waals surface area contributed by atoms with E-state index in [9.17, 15) is 4.79 Å². The zero-order valence-corrected chi connectivity index (χ0v) is 26.7. The topological polar surface area (TPSA) is 63.3 Å². The number of hydrogen-bond donors (Lipinski definition) is 1. The minimum absolute atomic E-state index is 0.158. The highest BCUT2D eigenvalue weighted by atomic mass is 16.5. The molecule has 1 aliphatic rings. The van der Waals surface area contributed by atoms with E-state index in [1.165, 1.54) is 68.2 Å². The average molecular weight is 580 g/mol. The van der Waals surface area contributed by atoms with E-state index in [-0.39, 0.29) is 5.91 Å². The van der Waals surface area contributed by atoms with Crippen LogP contribution in [0.5, 0.6) is 17.2 Å². The Kier molecular flexibility index (Phi) is 14.6. The SMILES string of the molecule is CCCCCCCCCCCCOc1c(OC)cc(/C=C/C(=O)NN2CCN(c3ccc(C)cc3C)CC2)cc1OC. The third kappa shape index (κ3) is 10.9. The monoisotopic (exact) mass is 579 g/mol. The molecular formula is C35H53N3O4. The molecule has 7 nitrogen and oxygen atoms in total. The first-order valence-electron chi connectivity index (χ1n) is 15.9. The van der Waals surface area contributed by atoms with Crippen molar-refractivity contribution in [3.05, 3.63) is 53.1 Å². The van der Waals surface area contributed by atoms with Gasteiger partial charge in [0.25, 0.3) is 5.91 Å². The summed E-state index contributed by atoms with van der Waals surface area (Å²) in [6.45, 7) is 10.4. The van der Waals surface area contributed by atoms with Crippen LogP contribution >= 0.6 is 0 Å². The summed E-state index contributed by atoms with van der Waals surface area (Å²) in [5.41, 5.74) is 7.65. The van der Waals surface area contributed by atoms with Gasteiger partial charge in [0, 0.05) is 37.9 Å². The van der Waals surface area contributed by atoms with Crippen LogP contribution in [0, 0.1) is 13.8 Å². The first-order valence-corrected chi connectivity index (χ1v) is 15.9. The van der Waals surface area contributed by atoms with E-state index in [1.807, 2.05) is 17.1 Å². The Morgan fingerprint density at radius 2 is 1.43 bits per heavy atom. The van der Waals surface area contributed by atoms with Crippen molar-refractivity contribution in [1.29, 1.82) is 0 Å². The maximum absolute atomic E-state index is 12.7. The molecule has 0 aromatic heterocycles. The lowest BCUT2D eigenvalue weighted by Gasteiger charge is -2.36. The molecule has 1 N–H and O–H groups in total. The standard InChI is InChI=1S/C35H53N3O4/c1-6-7-8-9-10-11-12-13-14-15-24-42-35-32(40-4)26-30(27-33(35)41-5)17-19-34(39)36-38-22-20-37(21-23-38)31-18-16-28(2)25-29(31)3/h16-19,25-27H,6-15,20-24H2,1-5H3,(H,36,39)/b19-17+. The molecule has 0 saturated carbocycles.